The van der Waals surface area contributed by atoms with E-state index in [1.54, 1.807) is 16.4 Å². The zero-order valence-electron chi connectivity index (χ0n) is 14.4. The summed E-state index contributed by atoms with van der Waals surface area (Å²) in [4.78, 5) is 0. The molecule has 0 unspecified atom stereocenters. The van der Waals surface area contributed by atoms with E-state index >= 15 is 0 Å². The summed E-state index contributed by atoms with van der Waals surface area (Å²) < 4.78 is 39.4. The monoisotopic (exact) mass is 391 g/mol. The van der Waals surface area contributed by atoms with Gasteiger partial charge in [0.25, 0.3) is 10.0 Å². The minimum atomic E-state index is -3.35. The lowest BCUT2D eigenvalue weighted by atomic mass is 9.84. The molecule has 0 atom stereocenters. The summed E-state index contributed by atoms with van der Waals surface area (Å²) in [6, 6.07) is 5.62. The second-order valence-electron chi connectivity index (χ2n) is 7.06. The first-order valence-corrected chi connectivity index (χ1v) is 11.4. The predicted octanol–water partition coefficient (Wildman–Crippen LogP) is 3.19. The van der Waals surface area contributed by atoms with Gasteiger partial charge in [0.2, 0.25) is 0 Å². The van der Waals surface area contributed by atoms with Crippen LogP contribution in [0.25, 0.3) is 0 Å². The molecule has 1 aromatic heterocycles. The van der Waals surface area contributed by atoms with E-state index in [2.05, 4.69) is 6.07 Å². The van der Waals surface area contributed by atoms with E-state index in [1.807, 2.05) is 5.38 Å². The van der Waals surface area contributed by atoms with Crippen LogP contribution in [0.4, 0.5) is 0 Å². The number of nitrogens with zero attached hydrogens (tertiary/aromatic N) is 1. The third kappa shape index (κ3) is 2.56. The summed E-state index contributed by atoms with van der Waals surface area (Å²) in [5.74, 6) is 2.40. The number of fused-ring (bicyclic) bond motifs is 2. The van der Waals surface area contributed by atoms with Crippen LogP contribution in [-0.4, -0.2) is 39.0 Å². The van der Waals surface area contributed by atoms with Gasteiger partial charge < -0.3 is 9.47 Å². The normalized spacial score (nSPS) is 20.5. The third-order valence-corrected chi connectivity index (χ3v) is 8.91. The molecule has 1 fully saturated rings. The second kappa shape index (κ2) is 6.25. The minimum absolute atomic E-state index is 0.341. The van der Waals surface area contributed by atoms with Crippen LogP contribution in [0.15, 0.2) is 27.8 Å². The van der Waals surface area contributed by atoms with Gasteiger partial charge in [-0.05, 0) is 36.3 Å². The van der Waals surface area contributed by atoms with Gasteiger partial charge in [0.1, 0.15) is 15.7 Å². The maximum atomic E-state index is 12.8. The highest BCUT2D eigenvalue weighted by Gasteiger charge is 2.35. The Bertz CT molecular complexity index is 897. The maximum Gasteiger partial charge on any atom is 0.252 e. The Morgan fingerprint density at radius 3 is 2.69 bits per heavy atom. The van der Waals surface area contributed by atoms with E-state index in [9.17, 15) is 8.42 Å². The molecule has 0 radical (unpaired) electrons. The molecule has 0 saturated carbocycles. The van der Waals surface area contributed by atoms with Crippen molar-refractivity contribution in [3.05, 3.63) is 40.3 Å². The van der Waals surface area contributed by atoms with Gasteiger partial charge in [-0.1, -0.05) is 6.07 Å². The molecule has 138 valence electrons. The Kier molecular flexibility index (Phi) is 3.99. The summed E-state index contributed by atoms with van der Waals surface area (Å²) in [6.07, 6.45) is 3.52. The SMILES string of the molecule is O=S(=O)(c1cccs1)N1CCC(c2c3c(cc4c2OCC4)OCC3)CC1. The molecular formula is C19H21NO4S2. The molecule has 0 N–H and O–H groups in total. The van der Waals surface area contributed by atoms with Crippen LogP contribution in [-0.2, 0) is 22.9 Å². The van der Waals surface area contributed by atoms with Crippen molar-refractivity contribution in [1.29, 1.82) is 0 Å². The number of ether oxygens (including phenoxy) is 2. The summed E-state index contributed by atoms with van der Waals surface area (Å²) in [6.45, 7) is 2.59. The van der Waals surface area contributed by atoms with Gasteiger partial charge in [0, 0.05) is 42.6 Å². The van der Waals surface area contributed by atoms with Gasteiger partial charge in [-0.3, -0.25) is 0 Å². The molecule has 1 saturated heterocycles. The Balaban J connectivity index is 1.42. The lowest BCUT2D eigenvalue weighted by Crippen LogP contribution is -2.37. The smallest absolute Gasteiger partial charge is 0.252 e. The molecule has 26 heavy (non-hydrogen) atoms. The quantitative estimate of drug-likeness (QED) is 0.806. The van der Waals surface area contributed by atoms with Crippen molar-refractivity contribution < 1.29 is 17.9 Å². The van der Waals surface area contributed by atoms with Crippen LogP contribution in [0.5, 0.6) is 11.5 Å². The molecule has 0 aliphatic carbocycles. The van der Waals surface area contributed by atoms with E-state index in [1.165, 1.54) is 28.0 Å². The molecule has 1 aromatic carbocycles. The summed E-state index contributed by atoms with van der Waals surface area (Å²) in [5.41, 5.74) is 3.82. The van der Waals surface area contributed by atoms with E-state index in [0.717, 1.165) is 50.4 Å². The van der Waals surface area contributed by atoms with Crippen molar-refractivity contribution >= 4 is 21.4 Å². The summed E-state index contributed by atoms with van der Waals surface area (Å²) in [7, 11) is -3.35. The number of hydrogen-bond donors (Lipinski definition) is 0. The van der Waals surface area contributed by atoms with E-state index < -0.39 is 10.0 Å². The first kappa shape index (κ1) is 16.6. The van der Waals surface area contributed by atoms with Crippen LogP contribution in [0, 0.1) is 0 Å². The van der Waals surface area contributed by atoms with Crippen molar-refractivity contribution in [2.45, 2.75) is 35.8 Å². The molecule has 5 nitrogen and oxygen atoms in total. The standard InChI is InChI=1S/C19H21NO4S2/c21-26(22,17-2-1-11-25-17)20-7-3-13(4-8-20)18-15-6-10-23-16(15)12-14-5-9-24-19(14)18/h1-2,11-13H,3-10H2. The molecular weight excluding hydrogens is 370 g/mol. The van der Waals surface area contributed by atoms with Crippen LogP contribution in [0.3, 0.4) is 0 Å². The fourth-order valence-electron chi connectivity index (χ4n) is 4.38. The number of rotatable bonds is 3. The Hall–Kier alpha value is -1.57. The number of thiophene rings is 1. The highest BCUT2D eigenvalue weighted by atomic mass is 32.2. The molecule has 0 amide bonds. The van der Waals surface area contributed by atoms with Crippen molar-refractivity contribution in [3.8, 4) is 11.5 Å². The fraction of sp³-hybridized carbons (Fsp3) is 0.474. The average molecular weight is 392 g/mol. The lowest BCUT2D eigenvalue weighted by molar-refractivity contribution is 0.308. The molecule has 0 bridgehead atoms. The van der Waals surface area contributed by atoms with Crippen molar-refractivity contribution in [1.82, 2.24) is 4.31 Å². The van der Waals surface area contributed by atoms with Crippen LogP contribution in [0.2, 0.25) is 0 Å². The number of benzene rings is 1. The fourth-order valence-corrected chi connectivity index (χ4v) is 6.99. The molecule has 5 rings (SSSR count). The van der Waals surface area contributed by atoms with Crippen LogP contribution < -0.4 is 9.47 Å². The predicted molar refractivity (Wildman–Crippen MR) is 99.9 cm³/mol. The van der Waals surface area contributed by atoms with Crippen molar-refractivity contribution in [2.75, 3.05) is 26.3 Å². The number of hydrogen-bond acceptors (Lipinski definition) is 5. The van der Waals surface area contributed by atoms with E-state index in [-0.39, 0.29) is 0 Å². The largest absolute Gasteiger partial charge is 0.493 e. The Labute approximate surface area is 157 Å². The molecule has 0 spiro atoms. The zero-order chi connectivity index (χ0) is 17.7. The minimum Gasteiger partial charge on any atom is -0.493 e. The van der Waals surface area contributed by atoms with Crippen molar-refractivity contribution in [3.63, 3.8) is 0 Å². The third-order valence-electron chi connectivity index (χ3n) is 5.64. The topological polar surface area (TPSA) is 55.8 Å². The summed E-state index contributed by atoms with van der Waals surface area (Å²) in [5, 5.41) is 1.81. The van der Waals surface area contributed by atoms with Crippen LogP contribution >= 0.6 is 11.3 Å². The Morgan fingerprint density at radius 2 is 1.92 bits per heavy atom. The first-order chi connectivity index (χ1) is 12.6. The number of sulfonamides is 1. The zero-order valence-corrected chi connectivity index (χ0v) is 16.1. The van der Waals surface area contributed by atoms with Gasteiger partial charge >= 0.3 is 0 Å². The lowest BCUT2D eigenvalue weighted by Gasteiger charge is -2.32. The van der Waals surface area contributed by atoms with Crippen LogP contribution in [0.1, 0.15) is 35.4 Å². The molecule has 3 aliphatic heterocycles. The summed E-state index contributed by atoms with van der Waals surface area (Å²) >= 11 is 1.29. The molecule has 3 aliphatic rings. The van der Waals surface area contributed by atoms with Crippen molar-refractivity contribution in [2.24, 2.45) is 0 Å². The van der Waals surface area contributed by atoms with Gasteiger partial charge in [-0.25, -0.2) is 8.42 Å². The molecule has 2 aromatic rings. The van der Waals surface area contributed by atoms with Gasteiger partial charge in [-0.15, -0.1) is 11.3 Å². The van der Waals surface area contributed by atoms with Gasteiger partial charge in [-0.2, -0.15) is 4.31 Å². The Morgan fingerprint density at radius 1 is 1.12 bits per heavy atom. The average Bonchev–Trinajstić information content (AvgIpc) is 3.39. The highest BCUT2D eigenvalue weighted by molar-refractivity contribution is 7.91. The first-order valence-electron chi connectivity index (χ1n) is 9.12. The van der Waals surface area contributed by atoms with E-state index in [0.29, 0.717) is 23.2 Å². The second-order valence-corrected chi connectivity index (χ2v) is 10.2. The molecule has 4 heterocycles. The maximum absolute atomic E-state index is 12.8. The van der Waals surface area contributed by atoms with Gasteiger partial charge in [0.05, 0.1) is 13.2 Å². The van der Waals surface area contributed by atoms with Gasteiger partial charge in [0.15, 0.2) is 0 Å². The number of piperidine rings is 1. The highest BCUT2D eigenvalue weighted by Crippen LogP contribution is 2.47. The molecule has 7 heteroatoms. The van der Waals surface area contributed by atoms with E-state index in [4.69, 9.17) is 9.47 Å².